The quantitative estimate of drug-likeness (QED) is 0.169. The van der Waals surface area contributed by atoms with Gasteiger partial charge in [0.1, 0.15) is 5.76 Å². The van der Waals surface area contributed by atoms with E-state index in [4.69, 9.17) is 5.11 Å². The molecule has 0 heterocycles. The van der Waals surface area contributed by atoms with Gasteiger partial charge in [0.25, 0.3) is 17.4 Å². The Morgan fingerprint density at radius 1 is 1.00 bits per heavy atom. The minimum atomic E-state index is -1.80. The monoisotopic (exact) mass is 417 g/mol. The van der Waals surface area contributed by atoms with Gasteiger partial charge in [0.2, 0.25) is 5.75 Å². The highest BCUT2D eigenvalue weighted by atomic mass is 16.6. The van der Waals surface area contributed by atoms with Gasteiger partial charge in [-0.05, 0) is 12.1 Å². The number of aromatic hydroxyl groups is 1. The fraction of sp³-hybridized carbons (Fsp3) is 0. The molecule has 0 aliphatic heterocycles. The predicted molar refractivity (Wildman–Crippen MR) is 99.1 cm³/mol. The lowest BCUT2D eigenvalue weighted by Gasteiger charge is -2.09. The minimum absolute atomic E-state index is 0.0335. The molecule has 0 aromatic heterocycles. The number of nitro benzene ring substituents is 2. The number of hydrogen-bond acceptors (Lipinski definition) is 9. The molecule has 0 spiro atoms. The molecule has 0 bridgehead atoms. The summed E-state index contributed by atoms with van der Waals surface area (Å²) in [6.07, 6.45) is 0.443. The fourth-order valence-electron chi connectivity index (χ4n) is 2.25. The number of nitrogens with one attached hydrogen (secondary N) is 1. The van der Waals surface area contributed by atoms with E-state index in [0.29, 0.717) is 18.2 Å². The number of carboxylic acids is 1. The average Bonchev–Trinajstić information content (AvgIpc) is 2.67. The van der Waals surface area contributed by atoms with Crippen LogP contribution in [0.3, 0.4) is 0 Å². The number of ketones is 1. The molecule has 30 heavy (non-hydrogen) atoms. The first-order valence-corrected chi connectivity index (χ1v) is 7.76. The number of phenolic OH excluding ortho intramolecular Hbond substituents is 1. The minimum Gasteiger partial charge on any atom is -0.507 e. The van der Waals surface area contributed by atoms with E-state index < -0.39 is 56.0 Å². The van der Waals surface area contributed by atoms with Crippen LogP contribution in [-0.4, -0.2) is 42.8 Å². The van der Waals surface area contributed by atoms with Crippen LogP contribution in [0, 0.1) is 20.2 Å². The number of benzene rings is 2. The molecule has 13 nitrogen and oxygen atoms in total. The Balaban J connectivity index is 2.40. The van der Waals surface area contributed by atoms with Gasteiger partial charge in [-0.3, -0.25) is 29.8 Å². The van der Waals surface area contributed by atoms with E-state index in [1.807, 2.05) is 0 Å². The zero-order valence-electron chi connectivity index (χ0n) is 14.6. The predicted octanol–water partition coefficient (Wildman–Crippen LogP) is 2.01. The van der Waals surface area contributed by atoms with Crippen molar-refractivity contribution in [3.05, 3.63) is 73.8 Å². The maximum Gasteiger partial charge on any atom is 0.376 e. The first-order valence-electron chi connectivity index (χ1n) is 7.76. The first kappa shape index (κ1) is 21.5. The van der Waals surface area contributed by atoms with E-state index >= 15 is 0 Å². The van der Waals surface area contributed by atoms with E-state index in [2.05, 4.69) is 5.32 Å². The number of nitrogens with zero attached hydrogens (tertiary/aromatic N) is 2. The van der Waals surface area contributed by atoms with Gasteiger partial charge >= 0.3 is 11.7 Å². The Labute approximate surface area is 165 Å². The van der Waals surface area contributed by atoms with Crippen molar-refractivity contribution >= 4 is 40.5 Å². The number of amides is 1. The smallest absolute Gasteiger partial charge is 0.376 e. The van der Waals surface area contributed by atoms with Crippen molar-refractivity contribution in [2.24, 2.45) is 0 Å². The van der Waals surface area contributed by atoms with Crippen LogP contribution in [0.15, 0.2) is 42.5 Å². The van der Waals surface area contributed by atoms with E-state index in [9.17, 15) is 44.8 Å². The number of carboxylic acid groups (broad SMARTS) is 1. The molecule has 4 N–H and O–H groups in total. The lowest BCUT2D eigenvalue weighted by molar-refractivity contribution is -0.394. The summed E-state index contributed by atoms with van der Waals surface area (Å²) in [6, 6.07) is 6.17. The van der Waals surface area contributed by atoms with Crippen molar-refractivity contribution in [2.75, 3.05) is 5.32 Å². The van der Waals surface area contributed by atoms with Crippen LogP contribution in [0.2, 0.25) is 0 Å². The lowest BCUT2D eigenvalue weighted by atomic mass is 10.1. The molecule has 0 saturated carbocycles. The fourth-order valence-corrected chi connectivity index (χ4v) is 2.25. The van der Waals surface area contributed by atoms with E-state index in [1.54, 1.807) is 0 Å². The number of carbonyl (C=O) groups excluding carboxylic acids is 2. The molecule has 0 unspecified atom stereocenters. The van der Waals surface area contributed by atoms with Crippen LogP contribution in [0.1, 0.15) is 15.9 Å². The number of aliphatic hydroxyl groups excluding tert-OH is 1. The van der Waals surface area contributed by atoms with Gasteiger partial charge in [-0.2, -0.15) is 0 Å². The highest BCUT2D eigenvalue weighted by molar-refractivity contribution is 6.38. The highest BCUT2D eigenvalue weighted by Crippen LogP contribution is 2.34. The summed E-state index contributed by atoms with van der Waals surface area (Å²) < 4.78 is 0. The molecular weight excluding hydrogens is 406 g/mol. The van der Waals surface area contributed by atoms with Crippen molar-refractivity contribution in [2.45, 2.75) is 0 Å². The highest BCUT2D eigenvalue weighted by Gasteiger charge is 2.27. The first-order chi connectivity index (χ1) is 14.0. The molecule has 0 aliphatic carbocycles. The third-order valence-corrected chi connectivity index (χ3v) is 3.62. The zero-order valence-corrected chi connectivity index (χ0v) is 14.6. The van der Waals surface area contributed by atoms with Crippen LogP contribution >= 0.6 is 0 Å². The number of hydrogen-bond donors (Lipinski definition) is 4. The molecule has 2 rings (SSSR count). The van der Waals surface area contributed by atoms with Crippen LogP contribution < -0.4 is 5.32 Å². The normalized spacial score (nSPS) is 10.9. The zero-order chi connectivity index (χ0) is 22.6. The molecule has 13 heteroatoms. The second-order valence-electron chi connectivity index (χ2n) is 5.61. The van der Waals surface area contributed by atoms with Gasteiger partial charge in [-0.1, -0.05) is 12.1 Å². The molecular formula is C17H11N3O10. The Bertz CT molecular complexity index is 1120. The van der Waals surface area contributed by atoms with Gasteiger partial charge < -0.3 is 20.6 Å². The van der Waals surface area contributed by atoms with E-state index in [-0.39, 0.29) is 11.3 Å². The summed E-state index contributed by atoms with van der Waals surface area (Å²) in [7, 11) is 0. The van der Waals surface area contributed by atoms with Gasteiger partial charge in [-0.25, -0.2) is 4.79 Å². The summed E-state index contributed by atoms with van der Waals surface area (Å²) in [5.74, 6) is -6.13. The third kappa shape index (κ3) is 4.72. The van der Waals surface area contributed by atoms with Crippen LogP contribution in [0.25, 0.3) is 5.76 Å². The number of non-ortho nitro benzene ring substituents is 1. The Kier molecular flexibility index (Phi) is 6.07. The summed E-state index contributed by atoms with van der Waals surface area (Å²) in [4.78, 5) is 53.9. The molecule has 0 saturated heterocycles. The number of nitro groups is 2. The van der Waals surface area contributed by atoms with E-state index in [0.717, 1.165) is 6.07 Å². The second kappa shape index (κ2) is 8.47. The number of carbonyl (C=O) groups is 3. The molecule has 0 fully saturated rings. The Hall–Kier alpha value is -4.81. The van der Waals surface area contributed by atoms with Crippen molar-refractivity contribution in [1.29, 1.82) is 0 Å². The van der Waals surface area contributed by atoms with Crippen LogP contribution in [0.4, 0.5) is 17.1 Å². The second-order valence-corrected chi connectivity index (χ2v) is 5.61. The van der Waals surface area contributed by atoms with E-state index in [1.165, 1.54) is 18.2 Å². The molecule has 0 radical (unpaired) electrons. The molecule has 154 valence electrons. The Morgan fingerprint density at radius 2 is 1.67 bits per heavy atom. The van der Waals surface area contributed by atoms with Crippen molar-refractivity contribution in [3.8, 4) is 5.75 Å². The maximum absolute atomic E-state index is 12.4. The molecule has 1 amide bonds. The lowest BCUT2D eigenvalue weighted by Crippen LogP contribution is -2.13. The van der Waals surface area contributed by atoms with Crippen molar-refractivity contribution in [3.63, 3.8) is 0 Å². The maximum atomic E-state index is 12.4. The number of phenols is 1. The Morgan fingerprint density at radius 3 is 2.23 bits per heavy atom. The number of aliphatic hydroxyl groups is 1. The SMILES string of the molecule is O=C(O)C(=O)/C=C(/O)c1cccc(NC(=O)c2cc([N+](=O)[O-])cc([N+](=O)[O-])c2O)c1. The van der Waals surface area contributed by atoms with Gasteiger partial charge in [0.05, 0.1) is 21.5 Å². The van der Waals surface area contributed by atoms with Crippen LogP contribution in [0.5, 0.6) is 5.75 Å². The third-order valence-electron chi connectivity index (χ3n) is 3.62. The van der Waals surface area contributed by atoms with Crippen molar-refractivity contribution < 1.29 is 39.5 Å². The number of aliphatic carboxylic acids is 1. The molecule has 0 aliphatic rings. The summed E-state index contributed by atoms with van der Waals surface area (Å²) in [5, 5.41) is 52.4. The molecule has 2 aromatic carbocycles. The summed E-state index contributed by atoms with van der Waals surface area (Å²) in [5.41, 5.74) is -2.69. The molecule has 0 atom stereocenters. The largest absolute Gasteiger partial charge is 0.507 e. The summed E-state index contributed by atoms with van der Waals surface area (Å²) >= 11 is 0. The number of rotatable bonds is 7. The number of anilines is 1. The van der Waals surface area contributed by atoms with Gasteiger partial charge in [0, 0.05) is 23.4 Å². The topological polar surface area (TPSA) is 210 Å². The van der Waals surface area contributed by atoms with Crippen molar-refractivity contribution in [1.82, 2.24) is 0 Å². The molecule has 2 aromatic rings. The standard InChI is InChI=1S/C17H11N3O10/c21-13(7-14(22)17(25)26)8-2-1-3-9(4-8)18-16(24)11-5-10(19(27)28)6-12(15(11)23)20(29)30/h1-7,21,23H,(H,18,24)(H,25,26)/b13-7+. The average molecular weight is 417 g/mol. The van der Waals surface area contributed by atoms with Gasteiger partial charge in [0.15, 0.2) is 0 Å². The van der Waals surface area contributed by atoms with Gasteiger partial charge in [-0.15, -0.1) is 0 Å². The summed E-state index contributed by atoms with van der Waals surface area (Å²) in [6.45, 7) is 0. The van der Waals surface area contributed by atoms with Crippen LogP contribution in [-0.2, 0) is 9.59 Å².